The van der Waals surface area contributed by atoms with Crippen LogP contribution >= 0.6 is 35.1 Å². The average molecular weight is 325 g/mol. The van der Waals surface area contributed by atoms with Crippen LogP contribution in [0.3, 0.4) is 0 Å². The van der Waals surface area contributed by atoms with Gasteiger partial charge in [-0.15, -0.1) is 0 Å². The summed E-state index contributed by atoms with van der Waals surface area (Å²) in [7, 11) is 0. The summed E-state index contributed by atoms with van der Waals surface area (Å²) in [6.45, 7) is 1.97. The third-order valence-electron chi connectivity index (χ3n) is 2.86. The van der Waals surface area contributed by atoms with Crippen molar-refractivity contribution in [1.82, 2.24) is 5.16 Å². The van der Waals surface area contributed by atoms with Gasteiger partial charge in [0, 0.05) is 9.92 Å². The molecule has 0 aliphatic carbocycles. The highest BCUT2D eigenvalue weighted by atomic mass is 35.5. The molecule has 102 valence electrons. The SMILES string of the molecule is Cc1ccc(SNc2noc3cccc(Cl)c23)cc1Cl. The van der Waals surface area contributed by atoms with E-state index in [1.165, 1.54) is 11.9 Å². The lowest BCUT2D eigenvalue weighted by Gasteiger charge is -2.04. The van der Waals surface area contributed by atoms with E-state index in [1.54, 1.807) is 6.07 Å². The number of benzene rings is 2. The molecule has 0 saturated carbocycles. The molecule has 1 heterocycles. The van der Waals surface area contributed by atoms with Gasteiger partial charge in [-0.2, -0.15) is 0 Å². The van der Waals surface area contributed by atoms with E-state index in [4.69, 9.17) is 27.7 Å². The van der Waals surface area contributed by atoms with Crippen molar-refractivity contribution in [3.8, 4) is 0 Å². The molecular weight excluding hydrogens is 315 g/mol. The molecule has 0 bridgehead atoms. The van der Waals surface area contributed by atoms with Crippen molar-refractivity contribution in [1.29, 1.82) is 0 Å². The number of aryl methyl sites for hydroxylation is 1. The quantitative estimate of drug-likeness (QED) is 0.640. The third kappa shape index (κ3) is 2.59. The van der Waals surface area contributed by atoms with Gasteiger partial charge in [0.25, 0.3) is 0 Å². The molecule has 0 aliphatic heterocycles. The first-order valence-electron chi connectivity index (χ1n) is 5.88. The van der Waals surface area contributed by atoms with E-state index in [0.717, 1.165) is 20.9 Å². The zero-order valence-corrected chi connectivity index (χ0v) is 12.8. The van der Waals surface area contributed by atoms with Crippen LogP contribution in [0.15, 0.2) is 45.8 Å². The second kappa shape index (κ2) is 5.56. The maximum atomic E-state index is 6.16. The number of nitrogens with zero attached hydrogens (tertiary/aromatic N) is 1. The van der Waals surface area contributed by atoms with Gasteiger partial charge < -0.3 is 9.25 Å². The minimum absolute atomic E-state index is 0.604. The van der Waals surface area contributed by atoms with E-state index in [9.17, 15) is 0 Å². The van der Waals surface area contributed by atoms with Gasteiger partial charge in [-0.25, -0.2) is 0 Å². The summed E-state index contributed by atoms with van der Waals surface area (Å²) >= 11 is 13.7. The van der Waals surface area contributed by atoms with Gasteiger partial charge >= 0.3 is 0 Å². The van der Waals surface area contributed by atoms with Crippen LogP contribution in [0.5, 0.6) is 0 Å². The highest BCUT2D eigenvalue weighted by Crippen LogP contribution is 2.33. The summed E-state index contributed by atoms with van der Waals surface area (Å²) in [5.41, 5.74) is 1.70. The van der Waals surface area contributed by atoms with Crippen LogP contribution < -0.4 is 4.72 Å². The van der Waals surface area contributed by atoms with Crippen molar-refractivity contribution in [2.24, 2.45) is 0 Å². The minimum Gasteiger partial charge on any atom is -0.354 e. The van der Waals surface area contributed by atoms with Crippen LogP contribution in [-0.2, 0) is 0 Å². The molecule has 0 radical (unpaired) electrons. The lowest BCUT2D eigenvalue weighted by Crippen LogP contribution is -1.88. The Balaban J connectivity index is 1.85. The first-order chi connectivity index (χ1) is 9.65. The van der Waals surface area contributed by atoms with Gasteiger partial charge in [0.2, 0.25) is 0 Å². The number of anilines is 1. The molecule has 1 N–H and O–H groups in total. The number of hydrogen-bond donors (Lipinski definition) is 1. The number of nitrogens with one attached hydrogen (secondary N) is 1. The molecule has 3 nitrogen and oxygen atoms in total. The van der Waals surface area contributed by atoms with Gasteiger partial charge in [0.05, 0.1) is 10.4 Å². The zero-order valence-electron chi connectivity index (χ0n) is 10.5. The summed E-state index contributed by atoms with van der Waals surface area (Å²) in [5.74, 6) is 0.604. The monoisotopic (exact) mass is 324 g/mol. The van der Waals surface area contributed by atoms with Crippen molar-refractivity contribution in [3.63, 3.8) is 0 Å². The molecule has 0 atom stereocenters. The zero-order chi connectivity index (χ0) is 14.1. The minimum atomic E-state index is 0.604. The summed E-state index contributed by atoms with van der Waals surface area (Å²) < 4.78 is 8.36. The first-order valence-corrected chi connectivity index (χ1v) is 7.45. The van der Waals surface area contributed by atoms with Crippen molar-refractivity contribution in [3.05, 3.63) is 52.0 Å². The Labute approximate surface area is 130 Å². The Morgan fingerprint density at radius 2 is 2.00 bits per heavy atom. The molecule has 20 heavy (non-hydrogen) atoms. The molecule has 2 aromatic carbocycles. The van der Waals surface area contributed by atoms with Gasteiger partial charge in [0.15, 0.2) is 11.4 Å². The molecule has 3 rings (SSSR count). The number of halogens is 2. The number of fused-ring (bicyclic) bond motifs is 1. The summed E-state index contributed by atoms with van der Waals surface area (Å²) in [6.07, 6.45) is 0. The van der Waals surface area contributed by atoms with Gasteiger partial charge in [0.1, 0.15) is 0 Å². The Morgan fingerprint density at radius 1 is 1.15 bits per heavy atom. The predicted molar refractivity (Wildman–Crippen MR) is 84.7 cm³/mol. The highest BCUT2D eigenvalue weighted by molar-refractivity contribution is 8.00. The highest BCUT2D eigenvalue weighted by Gasteiger charge is 2.11. The van der Waals surface area contributed by atoms with Crippen molar-refractivity contribution in [2.75, 3.05) is 4.72 Å². The molecule has 3 aromatic rings. The summed E-state index contributed by atoms with van der Waals surface area (Å²) in [6, 6.07) is 11.3. The van der Waals surface area contributed by atoms with E-state index in [0.29, 0.717) is 16.4 Å². The molecule has 1 aromatic heterocycles. The third-order valence-corrected chi connectivity index (χ3v) is 4.36. The first kappa shape index (κ1) is 13.6. The van der Waals surface area contributed by atoms with E-state index < -0.39 is 0 Å². The fourth-order valence-electron chi connectivity index (χ4n) is 1.76. The Morgan fingerprint density at radius 3 is 2.80 bits per heavy atom. The molecular formula is C14H10Cl2N2OS. The van der Waals surface area contributed by atoms with E-state index in [1.807, 2.05) is 37.3 Å². The fourth-order valence-corrected chi connectivity index (χ4v) is 2.93. The van der Waals surface area contributed by atoms with Crippen molar-refractivity contribution < 1.29 is 4.52 Å². The lowest BCUT2D eigenvalue weighted by molar-refractivity contribution is 0.460. The Bertz CT molecular complexity index is 773. The van der Waals surface area contributed by atoms with Crippen LogP contribution in [0.25, 0.3) is 11.0 Å². The van der Waals surface area contributed by atoms with Gasteiger partial charge in [-0.05, 0) is 48.7 Å². The van der Waals surface area contributed by atoms with Crippen LogP contribution in [0, 0.1) is 6.92 Å². The fraction of sp³-hybridized carbons (Fsp3) is 0.0714. The molecule has 0 spiro atoms. The molecule has 0 aliphatic rings. The van der Waals surface area contributed by atoms with Crippen LogP contribution in [0.1, 0.15) is 5.56 Å². The number of rotatable bonds is 3. The van der Waals surface area contributed by atoms with Gasteiger partial charge in [-0.1, -0.05) is 40.5 Å². The summed E-state index contributed by atoms with van der Waals surface area (Å²) in [5, 5.41) is 6.11. The number of hydrogen-bond acceptors (Lipinski definition) is 4. The second-order valence-corrected chi connectivity index (χ2v) is 5.95. The molecule has 0 amide bonds. The summed E-state index contributed by atoms with van der Waals surface area (Å²) in [4.78, 5) is 0.990. The van der Waals surface area contributed by atoms with Crippen molar-refractivity contribution in [2.45, 2.75) is 11.8 Å². The van der Waals surface area contributed by atoms with E-state index >= 15 is 0 Å². The maximum Gasteiger partial charge on any atom is 0.189 e. The van der Waals surface area contributed by atoms with Crippen LogP contribution in [-0.4, -0.2) is 5.16 Å². The largest absolute Gasteiger partial charge is 0.354 e. The second-order valence-electron chi connectivity index (χ2n) is 4.26. The van der Waals surface area contributed by atoms with Crippen LogP contribution in [0.2, 0.25) is 10.0 Å². The average Bonchev–Trinajstić information content (AvgIpc) is 2.85. The predicted octanol–water partition coefficient (Wildman–Crippen LogP) is 5.56. The lowest BCUT2D eigenvalue weighted by atomic mass is 10.2. The standard InChI is InChI=1S/C14H10Cl2N2OS/c1-8-5-6-9(7-11(8)16)20-18-14-13-10(15)3-2-4-12(13)19-17-14/h2-7H,1H3,(H,17,18). The Hall–Kier alpha value is -1.36. The Kier molecular flexibility index (Phi) is 3.78. The van der Waals surface area contributed by atoms with Crippen LogP contribution in [0.4, 0.5) is 5.82 Å². The molecule has 0 saturated heterocycles. The molecule has 0 unspecified atom stereocenters. The topological polar surface area (TPSA) is 38.1 Å². The molecule has 0 fully saturated rings. The normalized spacial score (nSPS) is 10.9. The number of aromatic nitrogens is 1. The molecule has 6 heteroatoms. The van der Waals surface area contributed by atoms with Crippen molar-refractivity contribution >= 4 is 51.9 Å². The smallest absolute Gasteiger partial charge is 0.189 e. The van der Waals surface area contributed by atoms with E-state index in [-0.39, 0.29) is 0 Å². The maximum absolute atomic E-state index is 6.16. The van der Waals surface area contributed by atoms with E-state index in [2.05, 4.69) is 9.88 Å². The van der Waals surface area contributed by atoms with Gasteiger partial charge in [-0.3, -0.25) is 0 Å².